The first-order chi connectivity index (χ1) is 14.4. The molecule has 3 aromatic rings. The molecule has 1 heterocycles. The van der Waals surface area contributed by atoms with Crippen LogP contribution in [0.4, 0.5) is 5.13 Å². The second kappa shape index (κ2) is 9.77. The summed E-state index contributed by atoms with van der Waals surface area (Å²) >= 11 is 7.74. The Morgan fingerprint density at radius 2 is 1.87 bits per heavy atom. The van der Waals surface area contributed by atoms with Gasteiger partial charge in [0.15, 0.2) is 5.13 Å². The van der Waals surface area contributed by atoms with Gasteiger partial charge in [-0.3, -0.25) is 9.69 Å². The van der Waals surface area contributed by atoms with Gasteiger partial charge >= 0.3 is 0 Å². The maximum Gasteiger partial charge on any atom is 0.263 e. The van der Waals surface area contributed by atoms with Crippen LogP contribution >= 0.6 is 22.9 Å². The minimum atomic E-state index is -0.157. The summed E-state index contributed by atoms with van der Waals surface area (Å²) in [6.45, 7) is 11.5. The van der Waals surface area contributed by atoms with Gasteiger partial charge in [-0.25, -0.2) is 4.98 Å². The summed E-state index contributed by atoms with van der Waals surface area (Å²) in [5.41, 5.74) is 3.69. The zero-order chi connectivity index (χ0) is 21.8. The van der Waals surface area contributed by atoms with E-state index in [4.69, 9.17) is 21.3 Å². The van der Waals surface area contributed by atoms with Crippen molar-refractivity contribution < 1.29 is 9.53 Å². The number of hydrogen-bond acceptors (Lipinski definition) is 5. The van der Waals surface area contributed by atoms with Crippen LogP contribution in [0.2, 0.25) is 5.02 Å². The average molecular weight is 446 g/mol. The Morgan fingerprint density at radius 3 is 2.53 bits per heavy atom. The number of benzene rings is 2. The van der Waals surface area contributed by atoms with E-state index in [9.17, 15) is 4.79 Å². The normalized spacial score (nSPS) is 11.3. The molecule has 0 atom stereocenters. The van der Waals surface area contributed by atoms with E-state index >= 15 is 0 Å². The summed E-state index contributed by atoms with van der Waals surface area (Å²) in [5, 5.41) is 1.19. The number of methoxy groups -OCH3 is 1. The molecule has 2 aromatic carbocycles. The van der Waals surface area contributed by atoms with Gasteiger partial charge in [-0.1, -0.05) is 42.9 Å². The number of likely N-dealkylation sites (N-methyl/N-ethyl adjacent to an activating group) is 1. The van der Waals surface area contributed by atoms with Crippen molar-refractivity contribution in [3.05, 3.63) is 52.0 Å². The molecule has 5 nitrogen and oxygen atoms in total. The van der Waals surface area contributed by atoms with E-state index in [0.717, 1.165) is 35.4 Å². The largest absolute Gasteiger partial charge is 0.496 e. The summed E-state index contributed by atoms with van der Waals surface area (Å²) in [6, 6.07) is 9.35. The van der Waals surface area contributed by atoms with Crippen molar-refractivity contribution in [2.45, 2.75) is 27.7 Å². The zero-order valence-corrected chi connectivity index (χ0v) is 19.7. The first-order valence-corrected chi connectivity index (χ1v) is 11.3. The van der Waals surface area contributed by atoms with Crippen LogP contribution < -0.4 is 9.64 Å². The predicted molar refractivity (Wildman–Crippen MR) is 127 cm³/mol. The molecule has 0 aliphatic heterocycles. The molecule has 0 radical (unpaired) electrons. The van der Waals surface area contributed by atoms with Crippen molar-refractivity contribution in [2.75, 3.05) is 38.2 Å². The lowest BCUT2D eigenvalue weighted by molar-refractivity contribution is 0.0981. The number of carbonyl (C=O) groups is 1. The Morgan fingerprint density at radius 1 is 1.13 bits per heavy atom. The smallest absolute Gasteiger partial charge is 0.263 e. The minimum absolute atomic E-state index is 0.157. The van der Waals surface area contributed by atoms with Gasteiger partial charge in [-0.15, -0.1) is 0 Å². The molecule has 0 N–H and O–H groups in total. The summed E-state index contributed by atoms with van der Waals surface area (Å²) in [4.78, 5) is 22.5. The fraction of sp³-hybridized carbons (Fsp3) is 0.391. The molecule has 0 aliphatic carbocycles. The number of aryl methyl sites for hydroxylation is 2. The van der Waals surface area contributed by atoms with Gasteiger partial charge in [-0.2, -0.15) is 0 Å². The maximum atomic E-state index is 13.6. The number of rotatable bonds is 8. The minimum Gasteiger partial charge on any atom is -0.496 e. The molecule has 0 bridgehead atoms. The van der Waals surface area contributed by atoms with E-state index in [2.05, 4.69) is 44.7 Å². The summed E-state index contributed by atoms with van der Waals surface area (Å²) in [6.07, 6.45) is 0. The maximum absolute atomic E-state index is 13.6. The molecule has 3 rings (SSSR count). The second-order valence-corrected chi connectivity index (χ2v) is 8.70. The Labute approximate surface area is 187 Å². The molecule has 0 saturated carbocycles. The van der Waals surface area contributed by atoms with Crippen molar-refractivity contribution in [3.63, 3.8) is 0 Å². The van der Waals surface area contributed by atoms with Crippen LogP contribution in [0, 0.1) is 13.8 Å². The van der Waals surface area contributed by atoms with Gasteiger partial charge in [0.2, 0.25) is 0 Å². The molecule has 0 saturated heterocycles. The highest BCUT2D eigenvalue weighted by atomic mass is 35.5. The molecule has 0 fully saturated rings. The van der Waals surface area contributed by atoms with Crippen molar-refractivity contribution in [1.82, 2.24) is 9.88 Å². The molecule has 0 unspecified atom stereocenters. The lowest BCUT2D eigenvalue weighted by Gasteiger charge is -2.25. The second-order valence-electron chi connectivity index (χ2n) is 7.25. The molecule has 0 spiro atoms. The molecule has 7 heteroatoms. The van der Waals surface area contributed by atoms with Crippen molar-refractivity contribution in [3.8, 4) is 5.75 Å². The van der Waals surface area contributed by atoms with E-state index in [0.29, 0.717) is 28.0 Å². The number of ether oxygens (including phenoxy) is 1. The first-order valence-electron chi connectivity index (χ1n) is 10.1. The summed E-state index contributed by atoms with van der Waals surface area (Å²) < 4.78 is 6.52. The van der Waals surface area contributed by atoms with Crippen LogP contribution in [-0.2, 0) is 0 Å². The number of anilines is 1. The van der Waals surface area contributed by atoms with Crippen molar-refractivity contribution in [1.29, 1.82) is 0 Å². The SMILES string of the molecule is CCN(CC)CCN(C(=O)c1cc(Cl)ccc1OC)c1nc2c(C)cc(C)cc2s1. The number of halogens is 1. The van der Waals surface area contributed by atoms with Crippen LogP contribution in [0.3, 0.4) is 0 Å². The number of carbonyl (C=O) groups excluding carboxylic acids is 1. The van der Waals surface area contributed by atoms with E-state index in [1.54, 1.807) is 41.5 Å². The van der Waals surface area contributed by atoms with Gasteiger partial charge in [0, 0.05) is 18.1 Å². The van der Waals surface area contributed by atoms with Gasteiger partial charge in [0.05, 0.1) is 22.9 Å². The summed E-state index contributed by atoms with van der Waals surface area (Å²) in [5.74, 6) is 0.348. The quantitative estimate of drug-likeness (QED) is 0.455. The molecule has 160 valence electrons. The highest BCUT2D eigenvalue weighted by molar-refractivity contribution is 7.22. The average Bonchev–Trinajstić information content (AvgIpc) is 3.15. The van der Waals surface area contributed by atoms with Crippen LogP contribution in [-0.4, -0.2) is 49.1 Å². The number of hydrogen-bond donors (Lipinski definition) is 0. The van der Waals surface area contributed by atoms with Gasteiger partial charge in [0.1, 0.15) is 5.75 Å². The number of thiazole rings is 1. The van der Waals surface area contributed by atoms with Gasteiger partial charge in [0.25, 0.3) is 5.91 Å². The first kappa shape index (κ1) is 22.5. The molecule has 1 aromatic heterocycles. The third-order valence-corrected chi connectivity index (χ3v) is 6.48. The van der Waals surface area contributed by atoms with Gasteiger partial charge in [-0.05, 0) is 62.3 Å². The Kier molecular flexibility index (Phi) is 7.34. The number of fused-ring (bicyclic) bond motifs is 1. The molecular formula is C23H28ClN3O2S. The van der Waals surface area contributed by atoms with E-state index in [1.165, 1.54) is 5.56 Å². The molecule has 0 aliphatic rings. The fourth-order valence-electron chi connectivity index (χ4n) is 3.53. The number of aromatic nitrogens is 1. The highest BCUT2D eigenvalue weighted by Crippen LogP contribution is 2.33. The predicted octanol–water partition coefficient (Wildman–Crippen LogP) is 5.56. The third-order valence-electron chi connectivity index (χ3n) is 5.22. The molecular weight excluding hydrogens is 418 g/mol. The van der Waals surface area contributed by atoms with Crippen LogP contribution in [0.5, 0.6) is 5.75 Å². The Bertz CT molecular complexity index is 1050. The van der Waals surface area contributed by atoms with E-state index in [1.807, 2.05) is 0 Å². The standard InChI is InChI=1S/C23H28ClN3O2S/c1-6-26(7-2)10-11-27(22(28)18-14-17(24)8-9-19(18)29-5)23-25-21-16(4)12-15(3)13-20(21)30-23/h8-9,12-14H,6-7,10-11H2,1-5H3. The van der Waals surface area contributed by atoms with Gasteiger partial charge < -0.3 is 9.64 Å². The van der Waals surface area contributed by atoms with Crippen LogP contribution in [0.15, 0.2) is 30.3 Å². The lowest BCUT2D eigenvalue weighted by Crippen LogP contribution is -2.39. The van der Waals surface area contributed by atoms with Crippen LogP contribution in [0.1, 0.15) is 35.3 Å². The topological polar surface area (TPSA) is 45.7 Å². The molecule has 1 amide bonds. The Hall–Kier alpha value is -2.15. The highest BCUT2D eigenvalue weighted by Gasteiger charge is 2.25. The van der Waals surface area contributed by atoms with Crippen molar-refractivity contribution >= 4 is 44.2 Å². The van der Waals surface area contributed by atoms with E-state index < -0.39 is 0 Å². The molecule has 30 heavy (non-hydrogen) atoms. The van der Waals surface area contributed by atoms with Crippen LogP contribution in [0.25, 0.3) is 10.2 Å². The number of nitrogens with zero attached hydrogens (tertiary/aromatic N) is 3. The monoisotopic (exact) mass is 445 g/mol. The van der Waals surface area contributed by atoms with E-state index in [-0.39, 0.29) is 5.91 Å². The number of amides is 1. The fourth-order valence-corrected chi connectivity index (χ4v) is 4.87. The Balaban J connectivity index is 2.06. The third kappa shape index (κ3) is 4.77. The summed E-state index contributed by atoms with van der Waals surface area (Å²) in [7, 11) is 1.56. The van der Waals surface area contributed by atoms with Crippen molar-refractivity contribution in [2.24, 2.45) is 0 Å². The lowest BCUT2D eigenvalue weighted by atomic mass is 10.1. The zero-order valence-electron chi connectivity index (χ0n) is 18.2.